The van der Waals surface area contributed by atoms with Crippen LogP contribution in [0.15, 0.2) is 0 Å². The van der Waals surface area contributed by atoms with Crippen LogP contribution in [0.1, 0.15) is 53.9 Å². The first-order valence-electron chi connectivity index (χ1n) is 6.97. The van der Waals surface area contributed by atoms with Gasteiger partial charge in [-0.2, -0.15) is 5.26 Å². The third-order valence-corrected chi connectivity index (χ3v) is 4.24. The van der Waals surface area contributed by atoms with E-state index in [1.54, 1.807) is 0 Å². The fraction of sp³-hybridized carbons (Fsp3) is 0.867. The van der Waals surface area contributed by atoms with Crippen LogP contribution in [-0.4, -0.2) is 18.5 Å². The fourth-order valence-corrected chi connectivity index (χ4v) is 3.54. The second kappa shape index (κ2) is 5.40. The van der Waals surface area contributed by atoms with Crippen molar-refractivity contribution in [2.45, 2.75) is 60.0 Å². The minimum atomic E-state index is -0.520. The van der Waals surface area contributed by atoms with E-state index >= 15 is 0 Å². The maximum Gasteiger partial charge on any atom is 0.158 e. The molecular weight excluding hydrogens is 226 g/mol. The average Bonchev–Trinajstić information content (AvgIpc) is 2.36. The first-order valence-corrected chi connectivity index (χ1v) is 6.97. The molecule has 2 aliphatic rings. The summed E-state index contributed by atoms with van der Waals surface area (Å²) in [7, 11) is 0. The summed E-state index contributed by atoms with van der Waals surface area (Å²) in [5, 5.41) is 9.09. The van der Waals surface area contributed by atoms with Crippen LogP contribution in [0.5, 0.6) is 0 Å². The van der Waals surface area contributed by atoms with Gasteiger partial charge in [0.05, 0.1) is 17.6 Å². The molecular formula is C15H25NO2. The monoisotopic (exact) mass is 251 g/mol. The second-order valence-electron chi connectivity index (χ2n) is 5.98. The van der Waals surface area contributed by atoms with Gasteiger partial charge in [-0.05, 0) is 24.7 Å². The summed E-state index contributed by atoms with van der Waals surface area (Å²) in [5.41, 5.74) is -0.524. The number of rotatable bonds is 0. The summed E-state index contributed by atoms with van der Waals surface area (Å²) < 4.78 is 5.83. The van der Waals surface area contributed by atoms with Crippen molar-refractivity contribution in [1.29, 1.82) is 5.26 Å². The molecule has 0 aromatic rings. The number of ether oxygens (including phenoxy) is 1. The lowest BCUT2D eigenvalue weighted by molar-refractivity contribution is -0.178. The van der Waals surface area contributed by atoms with Gasteiger partial charge in [0, 0.05) is 6.61 Å². The van der Waals surface area contributed by atoms with E-state index in [9.17, 15) is 4.79 Å². The normalized spacial score (nSPS) is 37.9. The molecule has 1 aliphatic carbocycles. The molecule has 3 unspecified atom stereocenters. The van der Waals surface area contributed by atoms with Gasteiger partial charge in [0.1, 0.15) is 5.92 Å². The molecule has 1 saturated heterocycles. The summed E-state index contributed by atoms with van der Waals surface area (Å²) >= 11 is 0. The van der Waals surface area contributed by atoms with Gasteiger partial charge in [0.2, 0.25) is 0 Å². The summed E-state index contributed by atoms with van der Waals surface area (Å²) in [6.45, 7) is 10.8. The summed E-state index contributed by atoms with van der Waals surface area (Å²) in [6, 6.07) is 2.16. The van der Waals surface area contributed by atoms with Crippen LogP contribution >= 0.6 is 0 Å². The van der Waals surface area contributed by atoms with Gasteiger partial charge < -0.3 is 4.74 Å². The molecule has 0 radical (unpaired) electrons. The summed E-state index contributed by atoms with van der Waals surface area (Å²) in [6.07, 6.45) is 2.74. The highest BCUT2D eigenvalue weighted by molar-refractivity contribution is 5.90. The minimum absolute atomic E-state index is 0.00391. The zero-order valence-electron chi connectivity index (χ0n) is 12.2. The largest absolute Gasteiger partial charge is 0.377 e. The number of Topliss-reactive ketones (excluding diaryl/α,β-unsaturated/α-hetero) is 1. The molecule has 2 rings (SSSR count). The standard InChI is InChI=1S/C13H19NO2.C2H6/c1-12(2)10(15)9(8-14)7-13(3)5-4-6-16-11(12)13;1-2/h9,11H,4-7H2,1-3H3;1-2H3. The molecule has 3 heteroatoms. The lowest BCUT2D eigenvalue weighted by Crippen LogP contribution is -2.58. The van der Waals surface area contributed by atoms with E-state index in [-0.39, 0.29) is 17.3 Å². The van der Waals surface area contributed by atoms with Gasteiger partial charge in [-0.1, -0.05) is 34.6 Å². The van der Waals surface area contributed by atoms with Gasteiger partial charge in [-0.3, -0.25) is 4.79 Å². The van der Waals surface area contributed by atoms with Crippen molar-refractivity contribution < 1.29 is 9.53 Å². The van der Waals surface area contributed by atoms with Gasteiger partial charge in [0.25, 0.3) is 0 Å². The van der Waals surface area contributed by atoms with Crippen LogP contribution in [0.3, 0.4) is 0 Å². The Hall–Kier alpha value is -0.880. The summed E-state index contributed by atoms with van der Waals surface area (Å²) in [4.78, 5) is 12.2. The van der Waals surface area contributed by atoms with Crippen LogP contribution in [0.25, 0.3) is 0 Å². The number of hydrogen-bond acceptors (Lipinski definition) is 3. The zero-order chi connectivity index (χ0) is 14.0. The Bertz CT molecular complexity index is 356. The molecule has 0 spiro atoms. The van der Waals surface area contributed by atoms with Gasteiger partial charge in [-0.25, -0.2) is 0 Å². The van der Waals surface area contributed by atoms with Crippen molar-refractivity contribution in [1.82, 2.24) is 0 Å². The van der Waals surface area contributed by atoms with Crippen LogP contribution < -0.4 is 0 Å². The molecule has 18 heavy (non-hydrogen) atoms. The van der Waals surface area contributed by atoms with E-state index < -0.39 is 11.3 Å². The Labute approximate surface area is 111 Å². The van der Waals surface area contributed by atoms with Crippen molar-refractivity contribution in [2.24, 2.45) is 16.7 Å². The first kappa shape index (κ1) is 15.2. The van der Waals surface area contributed by atoms with Crippen molar-refractivity contribution in [2.75, 3.05) is 6.61 Å². The highest BCUT2D eigenvalue weighted by atomic mass is 16.5. The Morgan fingerprint density at radius 2 is 1.94 bits per heavy atom. The number of fused-ring (bicyclic) bond motifs is 1. The molecule has 102 valence electrons. The van der Waals surface area contributed by atoms with Crippen molar-refractivity contribution in [3.63, 3.8) is 0 Å². The molecule has 1 aliphatic heterocycles. The van der Waals surface area contributed by atoms with Crippen LogP contribution in [0.4, 0.5) is 0 Å². The molecule has 0 amide bonds. The number of carbonyl (C=O) groups is 1. The number of nitrogens with zero attached hydrogens (tertiary/aromatic N) is 1. The molecule has 1 heterocycles. The predicted molar refractivity (Wildman–Crippen MR) is 70.9 cm³/mol. The molecule has 0 bridgehead atoms. The first-order chi connectivity index (χ1) is 8.42. The van der Waals surface area contributed by atoms with E-state index in [1.165, 1.54) is 0 Å². The third kappa shape index (κ3) is 2.31. The van der Waals surface area contributed by atoms with E-state index in [0.717, 1.165) is 19.4 Å². The number of ketones is 1. The smallest absolute Gasteiger partial charge is 0.158 e. The molecule has 0 aromatic carbocycles. The Balaban J connectivity index is 0.000000771. The SMILES string of the molecule is CC.CC12CCCOC1C(C)(C)C(=O)C(C#N)C2. The van der Waals surface area contributed by atoms with E-state index in [4.69, 9.17) is 10.00 Å². The number of nitriles is 1. The quantitative estimate of drug-likeness (QED) is 0.663. The molecule has 3 nitrogen and oxygen atoms in total. The molecule has 2 fully saturated rings. The van der Waals surface area contributed by atoms with Crippen molar-refractivity contribution >= 4 is 5.78 Å². The maximum absolute atomic E-state index is 12.2. The Morgan fingerprint density at radius 1 is 1.33 bits per heavy atom. The highest BCUT2D eigenvalue weighted by Crippen LogP contribution is 2.52. The molecule has 1 saturated carbocycles. The van der Waals surface area contributed by atoms with Gasteiger partial charge >= 0.3 is 0 Å². The predicted octanol–water partition coefficient (Wildman–Crippen LogP) is 3.34. The second-order valence-corrected chi connectivity index (χ2v) is 5.98. The third-order valence-electron chi connectivity index (χ3n) is 4.24. The maximum atomic E-state index is 12.2. The Morgan fingerprint density at radius 3 is 2.50 bits per heavy atom. The minimum Gasteiger partial charge on any atom is -0.377 e. The van der Waals surface area contributed by atoms with Crippen LogP contribution in [-0.2, 0) is 9.53 Å². The van der Waals surface area contributed by atoms with Gasteiger partial charge in [0.15, 0.2) is 5.78 Å². The molecule has 0 aromatic heterocycles. The topological polar surface area (TPSA) is 50.1 Å². The lowest BCUT2D eigenvalue weighted by Gasteiger charge is -2.52. The molecule has 0 N–H and O–H groups in total. The van der Waals surface area contributed by atoms with Crippen LogP contribution in [0.2, 0.25) is 0 Å². The van der Waals surface area contributed by atoms with Crippen molar-refractivity contribution in [3.8, 4) is 6.07 Å². The van der Waals surface area contributed by atoms with Gasteiger partial charge in [-0.15, -0.1) is 0 Å². The fourth-order valence-electron chi connectivity index (χ4n) is 3.54. The van der Waals surface area contributed by atoms with Crippen molar-refractivity contribution in [3.05, 3.63) is 0 Å². The average molecular weight is 251 g/mol. The van der Waals surface area contributed by atoms with E-state index in [2.05, 4.69) is 13.0 Å². The highest BCUT2D eigenvalue weighted by Gasteiger charge is 2.56. The number of hydrogen-bond donors (Lipinski definition) is 0. The van der Waals surface area contributed by atoms with E-state index in [1.807, 2.05) is 27.7 Å². The zero-order valence-corrected chi connectivity index (χ0v) is 12.2. The number of carbonyl (C=O) groups excluding carboxylic acids is 1. The van der Waals surface area contributed by atoms with Crippen LogP contribution in [0, 0.1) is 28.1 Å². The summed E-state index contributed by atoms with van der Waals surface area (Å²) in [5.74, 6) is -0.391. The van der Waals surface area contributed by atoms with E-state index in [0.29, 0.717) is 6.42 Å². The Kier molecular flexibility index (Phi) is 4.55. The molecule has 3 atom stereocenters. The lowest BCUT2D eigenvalue weighted by atomic mass is 9.56.